The fraction of sp³-hybridized carbons (Fsp3) is 0.350. The summed E-state index contributed by atoms with van der Waals surface area (Å²) in [4.78, 5) is 13.9. The number of likely N-dealkylation sites (tertiary alicyclic amines) is 1. The zero-order chi connectivity index (χ0) is 17.6. The third kappa shape index (κ3) is 4.37. The molecule has 5 heteroatoms. The Morgan fingerprint density at radius 3 is 2.56 bits per heavy atom. The zero-order valence-electron chi connectivity index (χ0n) is 14.0. The molecule has 1 aliphatic rings. The maximum Gasteiger partial charge on any atom is 0.410 e. The lowest BCUT2D eigenvalue weighted by Crippen LogP contribution is -2.44. The van der Waals surface area contributed by atoms with Crippen molar-refractivity contribution >= 4 is 6.09 Å². The standard InChI is InChI=1S/C20H22FNO3/c21-18-8-6-16(7-9-18)19-10-11-22(12-17(19)13-23)20(24)25-14-15-4-2-1-3-5-15/h1-9,17,19,23H,10-14H2/t17-,19-/m1/s1. The highest BCUT2D eigenvalue weighted by molar-refractivity contribution is 5.67. The van der Waals surface area contributed by atoms with E-state index in [1.807, 2.05) is 30.3 Å². The van der Waals surface area contributed by atoms with Gasteiger partial charge in [0.1, 0.15) is 12.4 Å². The average molecular weight is 343 g/mol. The summed E-state index contributed by atoms with van der Waals surface area (Å²) in [5, 5.41) is 9.73. The monoisotopic (exact) mass is 343 g/mol. The topological polar surface area (TPSA) is 49.8 Å². The summed E-state index contributed by atoms with van der Waals surface area (Å²) < 4.78 is 18.5. The first-order chi connectivity index (χ1) is 12.2. The Morgan fingerprint density at radius 1 is 1.16 bits per heavy atom. The lowest BCUT2D eigenvalue weighted by Gasteiger charge is -2.37. The third-order valence-corrected chi connectivity index (χ3v) is 4.73. The first-order valence-corrected chi connectivity index (χ1v) is 8.49. The van der Waals surface area contributed by atoms with Crippen LogP contribution in [0.25, 0.3) is 0 Å². The van der Waals surface area contributed by atoms with Crippen LogP contribution < -0.4 is 0 Å². The average Bonchev–Trinajstić information content (AvgIpc) is 2.67. The summed E-state index contributed by atoms with van der Waals surface area (Å²) in [7, 11) is 0. The number of carbonyl (C=O) groups excluding carboxylic acids is 1. The van der Waals surface area contributed by atoms with E-state index in [0.717, 1.165) is 17.5 Å². The van der Waals surface area contributed by atoms with Crippen molar-refractivity contribution < 1.29 is 19.0 Å². The Bertz CT molecular complexity index is 690. The predicted molar refractivity (Wildman–Crippen MR) is 92.5 cm³/mol. The van der Waals surface area contributed by atoms with Crippen LogP contribution in [0.4, 0.5) is 9.18 Å². The van der Waals surface area contributed by atoms with E-state index in [4.69, 9.17) is 4.74 Å². The normalized spacial score (nSPS) is 20.3. The van der Waals surface area contributed by atoms with Gasteiger partial charge in [-0.15, -0.1) is 0 Å². The molecule has 0 aliphatic carbocycles. The van der Waals surface area contributed by atoms with Gasteiger partial charge in [0, 0.05) is 25.6 Å². The molecule has 0 unspecified atom stereocenters. The van der Waals surface area contributed by atoms with E-state index < -0.39 is 0 Å². The van der Waals surface area contributed by atoms with Crippen LogP contribution in [0, 0.1) is 11.7 Å². The third-order valence-electron chi connectivity index (χ3n) is 4.73. The minimum absolute atomic E-state index is 0.0233. The van der Waals surface area contributed by atoms with Crippen molar-refractivity contribution in [3.8, 4) is 0 Å². The van der Waals surface area contributed by atoms with Crippen LogP contribution in [0.5, 0.6) is 0 Å². The van der Waals surface area contributed by atoms with E-state index in [9.17, 15) is 14.3 Å². The molecule has 4 nitrogen and oxygen atoms in total. The zero-order valence-corrected chi connectivity index (χ0v) is 14.0. The summed E-state index contributed by atoms with van der Waals surface area (Å²) >= 11 is 0. The Morgan fingerprint density at radius 2 is 1.88 bits per heavy atom. The minimum atomic E-state index is -0.361. The second kappa shape index (κ2) is 8.12. The Kier molecular flexibility index (Phi) is 5.66. The van der Waals surface area contributed by atoms with Crippen molar-refractivity contribution in [2.75, 3.05) is 19.7 Å². The number of aliphatic hydroxyl groups is 1. The number of aliphatic hydroxyl groups excluding tert-OH is 1. The molecule has 0 radical (unpaired) electrons. The van der Waals surface area contributed by atoms with E-state index in [0.29, 0.717) is 13.1 Å². The molecule has 2 atom stereocenters. The maximum atomic E-state index is 13.1. The van der Waals surface area contributed by atoms with Gasteiger partial charge < -0.3 is 14.7 Å². The van der Waals surface area contributed by atoms with Crippen molar-refractivity contribution in [2.24, 2.45) is 5.92 Å². The van der Waals surface area contributed by atoms with Crippen molar-refractivity contribution in [2.45, 2.75) is 18.9 Å². The molecule has 132 valence electrons. The van der Waals surface area contributed by atoms with Crippen LogP contribution in [0.1, 0.15) is 23.5 Å². The smallest absolute Gasteiger partial charge is 0.410 e. The second-order valence-corrected chi connectivity index (χ2v) is 6.38. The van der Waals surface area contributed by atoms with E-state index >= 15 is 0 Å². The van der Waals surface area contributed by atoms with Gasteiger partial charge in [0.15, 0.2) is 0 Å². The van der Waals surface area contributed by atoms with Crippen LogP contribution >= 0.6 is 0 Å². The molecule has 1 aliphatic heterocycles. The van der Waals surface area contributed by atoms with Crippen LogP contribution in [0.15, 0.2) is 54.6 Å². The van der Waals surface area contributed by atoms with Crippen LogP contribution in [0.2, 0.25) is 0 Å². The quantitative estimate of drug-likeness (QED) is 0.923. The van der Waals surface area contributed by atoms with E-state index in [1.165, 1.54) is 12.1 Å². The van der Waals surface area contributed by atoms with Gasteiger partial charge in [-0.3, -0.25) is 0 Å². The second-order valence-electron chi connectivity index (χ2n) is 6.38. The van der Waals surface area contributed by atoms with E-state index in [-0.39, 0.29) is 37.0 Å². The number of nitrogens with zero attached hydrogens (tertiary/aromatic N) is 1. The molecule has 0 bridgehead atoms. The Hall–Kier alpha value is -2.40. The van der Waals surface area contributed by atoms with Gasteiger partial charge in [0.05, 0.1) is 0 Å². The summed E-state index contributed by atoms with van der Waals surface area (Å²) in [6.45, 7) is 1.21. The number of ether oxygens (including phenoxy) is 1. The Labute approximate surface area is 146 Å². The molecule has 2 aromatic rings. The van der Waals surface area contributed by atoms with Crippen LogP contribution in [-0.4, -0.2) is 35.8 Å². The molecule has 1 N–H and O–H groups in total. The molecule has 2 aromatic carbocycles. The molecule has 3 rings (SSSR count). The molecule has 0 spiro atoms. The molecule has 1 heterocycles. The number of benzene rings is 2. The van der Waals surface area contributed by atoms with Gasteiger partial charge in [0.2, 0.25) is 0 Å². The largest absolute Gasteiger partial charge is 0.445 e. The van der Waals surface area contributed by atoms with Gasteiger partial charge in [0.25, 0.3) is 0 Å². The van der Waals surface area contributed by atoms with Gasteiger partial charge in [-0.2, -0.15) is 0 Å². The molecule has 0 saturated carbocycles. The molecule has 1 amide bonds. The molecule has 25 heavy (non-hydrogen) atoms. The number of amides is 1. The van der Waals surface area contributed by atoms with Crippen molar-refractivity contribution in [3.05, 3.63) is 71.5 Å². The van der Waals surface area contributed by atoms with Gasteiger partial charge in [-0.25, -0.2) is 9.18 Å². The van der Waals surface area contributed by atoms with E-state index in [2.05, 4.69) is 0 Å². The minimum Gasteiger partial charge on any atom is -0.445 e. The van der Waals surface area contributed by atoms with Gasteiger partial charge in [-0.1, -0.05) is 42.5 Å². The fourth-order valence-electron chi connectivity index (χ4n) is 3.34. The number of hydrogen-bond donors (Lipinski definition) is 1. The molecule has 1 saturated heterocycles. The first kappa shape index (κ1) is 17.4. The SMILES string of the molecule is O=C(OCc1ccccc1)N1CC[C@H](c2ccc(F)cc2)[C@@H](CO)C1. The molecular formula is C20H22FNO3. The summed E-state index contributed by atoms with van der Waals surface area (Å²) in [6.07, 6.45) is 0.358. The number of carbonyl (C=O) groups is 1. The lowest BCUT2D eigenvalue weighted by molar-refractivity contribution is 0.0613. The van der Waals surface area contributed by atoms with Gasteiger partial charge in [-0.05, 0) is 35.6 Å². The number of rotatable bonds is 4. The molecule has 1 fully saturated rings. The van der Waals surface area contributed by atoms with Gasteiger partial charge >= 0.3 is 6.09 Å². The molecular weight excluding hydrogens is 321 g/mol. The number of halogens is 1. The highest BCUT2D eigenvalue weighted by atomic mass is 19.1. The summed E-state index contributed by atoms with van der Waals surface area (Å²) in [5.74, 6) is -0.238. The maximum absolute atomic E-state index is 13.1. The van der Waals surface area contributed by atoms with E-state index in [1.54, 1.807) is 17.0 Å². The highest BCUT2D eigenvalue weighted by Crippen LogP contribution is 2.33. The van der Waals surface area contributed by atoms with Crippen molar-refractivity contribution in [1.82, 2.24) is 4.90 Å². The first-order valence-electron chi connectivity index (χ1n) is 8.49. The van der Waals surface area contributed by atoms with Crippen LogP contribution in [-0.2, 0) is 11.3 Å². The predicted octanol–water partition coefficient (Wildman–Crippen LogP) is 3.56. The molecule has 0 aromatic heterocycles. The highest BCUT2D eigenvalue weighted by Gasteiger charge is 2.32. The van der Waals surface area contributed by atoms with Crippen molar-refractivity contribution in [3.63, 3.8) is 0 Å². The Balaban J connectivity index is 1.59. The van der Waals surface area contributed by atoms with Crippen molar-refractivity contribution in [1.29, 1.82) is 0 Å². The number of hydrogen-bond acceptors (Lipinski definition) is 3. The summed E-state index contributed by atoms with van der Waals surface area (Å²) in [5.41, 5.74) is 1.94. The lowest BCUT2D eigenvalue weighted by atomic mass is 9.81. The number of piperidine rings is 1. The summed E-state index contributed by atoms with van der Waals surface area (Å²) in [6, 6.07) is 15.9. The fourth-order valence-corrected chi connectivity index (χ4v) is 3.34. The van der Waals surface area contributed by atoms with Crippen LogP contribution in [0.3, 0.4) is 0 Å².